The minimum Gasteiger partial charge on any atom is -0.383 e. The molecule has 0 saturated carbocycles. The summed E-state index contributed by atoms with van der Waals surface area (Å²) in [7, 11) is 1.72. The molecule has 3 nitrogen and oxygen atoms in total. The van der Waals surface area contributed by atoms with Gasteiger partial charge in [0.25, 0.3) is 0 Å². The zero-order valence-corrected chi connectivity index (χ0v) is 10.2. The van der Waals surface area contributed by atoms with Gasteiger partial charge in [0.2, 0.25) is 0 Å². The van der Waals surface area contributed by atoms with Gasteiger partial charge < -0.3 is 4.74 Å². The van der Waals surface area contributed by atoms with Gasteiger partial charge in [-0.25, -0.2) is 0 Å². The molecule has 1 fully saturated rings. The summed E-state index contributed by atoms with van der Waals surface area (Å²) in [5.74, 6) is 0. The molecule has 0 radical (unpaired) electrons. The Morgan fingerprint density at radius 2 is 2.24 bits per heavy atom. The summed E-state index contributed by atoms with van der Waals surface area (Å²) in [6, 6.07) is 12.7. The van der Waals surface area contributed by atoms with E-state index in [1.54, 1.807) is 7.11 Å². The third-order valence-corrected chi connectivity index (χ3v) is 3.35. The first-order valence-corrected chi connectivity index (χ1v) is 6.06. The van der Waals surface area contributed by atoms with Crippen molar-refractivity contribution in [3.05, 3.63) is 35.9 Å². The fourth-order valence-corrected chi connectivity index (χ4v) is 2.54. The molecule has 1 aromatic carbocycles. The molecule has 1 heterocycles. The number of hydrogen-bond donors (Lipinski definition) is 0. The van der Waals surface area contributed by atoms with Gasteiger partial charge in [0.1, 0.15) is 6.04 Å². The van der Waals surface area contributed by atoms with Gasteiger partial charge in [-0.2, -0.15) is 5.26 Å². The molecule has 1 aliphatic rings. The molecule has 0 aromatic heterocycles. The Balaban J connectivity index is 2.16. The summed E-state index contributed by atoms with van der Waals surface area (Å²) in [6.45, 7) is 1.70. The summed E-state index contributed by atoms with van der Waals surface area (Å²) in [4.78, 5) is 2.26. The van der Waals surface area contributed by atoms with E-state index in [1.807, 2.05) is 30.3 Å². The number of likely N-dealkylation sites (tertiary alicyclic amines) is 1. The summed E-state index contributed by atoms with van der Waals surface area (Å²) in [5.41, 5.74) is 1.08. The molecule has 2 atom stereocenters. The van der Waals surface area contributed by atoms with Crippen molar-refractivity contribution >= 4 is 0 Å². The van der Waals surface area contributed by atoms with E-state index in [-0.39, 0.29) is 6.04 Å². The van der Waals surface area contributed by atoms with Crippen LogP contribution in [0.15, 0.2) is 30.3 Å². The third-order valence-electron chi connectivity index (χ3n) is 3.35. The van der Waals surface area contributed by atoms with E-state index in [4.69, 9.17) is 4.74 Å². The normalized spacial score (nSPS) is 22.2. The van der Waals surface area contributed by atoms with Crippen LogP contribution >= 0.6 is 0 Å². The molecule has 17 heavy (non-hydrogen) atoms. The highest BCUT2D eigenvalue weighted by Gasteiger charge is 2.31. The molecular weight excluding hydrogens is 212 g/mol. The Kier molecular flexibility index (Phi) is 4.13. The maximum atomic E-state index is 9.39. The molecule has 0 aliphatic carbocycles. The van der Waals surface area contributed by atoms with Gasteiger partial charge in [0.15, 0.2) is 0 Å². The summed E-state index contributed by atoms with van der Waals surface area (Å²) >= 11 is 0. The highest BCUT2D eigenvalue weighted by Crippen LogP contribution is 2.28. The minimum atomic E-state index is -0.140. The maximum Gasteiger partial charge on any atom is 0.124 e. The molecule has 0 spiro atoms. The monoisotopic (exact) mass is 230 g/mol. The van der Waals surface area contributed by atoms with Crippen molar-refractivity contribution < 1.29 is 4.74 Å². The molecule has 1 aliphatic heterocycles. The lowest BCUT2D eigenvalue weighted by atomic mass is 10.1. The molecular formula is C14H18N2O. The molecule has 90 valence electrons. The lowest BCUT2D eigenvalue weighted by Crippen LogP contribution is -2.35. The number of methoxy groups -OCH3 is 1. The molecule has 0 bridgehead atoms. The second kappa shape index (κ2) is 5.81. The number of nitrogens with zero attached hydrogens (tertiary/aromatic N) is 2. The van der Waals surface area contributed by atoms with Crippen molar-refractivity contribution in [2.24, 2.45) is 0 Å². The Labute approximate surface area is 103 Å². The van der Waals surface area contributed by atoms with Gasteiger partial charge in [0.05, 0.1) is 12.7 Å². The number of rotatable bonds is 4. The zero-order chi connectivity index (χ0) is 12.1. The number of ether oxygens (including phenoxy) is 1. The van der Waals surface area contributed by atoms with Crippen LogP contribution in [0.2, 0.25) is 0 Å². The van der Waals surface area contributed by atoms with Gasteiger partial charge in [-0.15, -0.1) is 0 Å². The van der Waals surface area contributed by atoms with Crippen LogP contribution in [0, 0.1) is 11.3 Å². The predicted molar refractivity (Wildman–Crippen MR) is 66.4 cm³/mol. The fraction of sp³-hybridized carbons (Fsp3) is 0.500. The summed E-state index contributed by atoms with van der Waals surface area (Å²) < 4.78 is 5.24. The minimum absolute atomic E-state index is 0.140. The summed E-state index contributed by atoms with van der Waals surface area (Å²) in [5, 5.41) is 9.39. The maximum absolute atomic E-state index is 9.39. The zero-order valence-electron chi connectivity index (χ0n) is 10.2. The van der Waals surface area contributed by atoms with Gasteiger partial charge in [-0.3, -0.25) is 4.90 Å². The fourth-order valence-electron chi connectivity index (χ4n) is 2.54. The first-order chi connectivity index (χ1) is 8.36. The predicted octanol–water partition coefficient (Wildman–Crippen LogP) is 2.36. The van der Waals surface area contributed by atoms with Gasteiger partial charge in [-0.1, -0.05) is 30.3 Å². The van der Waals surface area contributed by atoms with Crippen LogP contribution in [0.1, 0.15) is 24.4 Å². The van der Waals surface area contributed by atoms with Crippen molar-refractivity contribution in [1.82, 2.24) is 4.90 Å². The Hall–Kier alpha value is -1.37. The van der Waals surface area contributed by atoms with E-state index in [2.05, 4.69) is 11.0 Å². The first kappa shape index (κ1) is 12.1. The highest BCUT2D eigenvalue weighted by molar-refractivity contribution is 5.24. The van der Waals surface area contributed by atoms with E-state index in [1.165, 1.54) is 0 Å². The average molecular weight is 230 g/mol. The van der Waals surface area contributed by atoms with Crippen LogP contribution in [-0.4, -0.2) is 31.2 Å². The van der Waals surface area contributed by atoms with Crippen molar-refractivity contribution in [2.45, 2.75) is 24.9 Å². The Morgan fingerprint density at radius 3 is 2.88 bits per heavy atom. The molecule has 2 rings (SSSR count). The van der Waals surface area contributed by atoms with Crippen molar-refractivity contribution in [1.29, 1.82) is 5.26 Å². The first-order valence-electron chi connectivity index (χ1n) is 6.06. The van der Waals surface area contributed by atoms with Crippen LogP contribution in [0.5, 0.6) is 0 Å². The van der Waals surface area contributed by atoms with E-state index in [9.17, 15) is 5.26 Å². The van der Waals surface area contributed by atoms with Crippen molar-refractivity contribution in [2.75, 3.05) is 20.3 Å². The topological polar surface area (TPSA) is 36.3 Å². The smallest absolute Gasteiger partial charge is 0.124 e. The van der Waals surface area contributed by atoms with Gasteiger partial charge in [0, 0.05) is 19.7 Å². The van der Waals surface area contributed by atoms with Crippen LogP contribution < -0.4 is 0 Å². The SMILES string of the molecule is COCC1CCCN1C(C#N)c1ccccc1. The molecule has 2 unspecified atom stereocenters. The number of hydrogen-bond acceptors (Lipinski definition) is 3. The quantitative estimate of drug-likeness (QED) is 0.796. The van der Waals surface area contributed by atoms with Gasteiger partial charge >= 0.3 is 0 Å². The van der Waals surface area contributed by atoms with Crippen LogP contribution in [0.3, 0.4) is 0 Å². The third kappa shape index (κ3) is 2.66. The van der Waals surface area contributed by atoms with E-state index in [0.29, 0.717) is 12.6 Å². The van der Waals surface area contributed by atoms with Crippen molar-refractivity contribution in [3.8, 4) is 6.07 Å². The van der Waals surface area contributed by atoms with Crippen molar-refractivity contribution in [3.63, 3.8) is 0 Å². The standard InChI is InChI=1S/C14H18N2O/c1-17-11-13-8-5-9-16(13)14(10-15)12-6-3-2-4-7-12/h2-4,6-7,13-14H,5,8-9,11H2,1H3. The van der Waals surface area contributed by atoms with Crippen LogP contribution in [0.25, 0.3) is 0 Å². The second-order valence-electron chi connectivity index (χ2n) is 4.43. The number of benzene rings is 1. The molecule has 1 saturated heterocycles. The Bertz CT molecular complexity index is 385. The van der Waals surface area contributed by atoms with Crippen LogP contribution in [0.4, 0.5) is 0 Å². The lowest BCUT2D eigenvalue weighted by Gasteiger charge is -2.28. The largest absolute Gasteiger partial charge is 0.383 e. The Morgan fingerprint density at radius 1 is 1.47 bits per heavy atom. The van der Waals surface area contributed by atoms with Gasteiger partial charge in [-0.05, 0) is 18.4 Å². The molecule has 0 N–H and O–H groups in total. The lowest BCUT2D eigenvalue weighted by molar-refractivity contribution is 0.102. The molecule has 0 amide bonds. The van der Waals surface area contributed by atoms with Crippen LogP contribution in [-0.2, 0) is 4.74 Å². The van der Waals surface area contributed by atoms with E-state index in [0.717, 1.165) is 24.9 Å². The molecule has 1 aromatic rings. The average Bonchev–Trinajstić information content (AvgIpc) is 2.81. The molecule has 3 heteroatoms. The second-order valence-corrected chi connectivity index (χ2v) is 4.43. The highest BCUT2D eigenvalue weighted by atomic mass is 16.5. The number of nitriles is 1. The summed E-state index contributed by atoms with van der Waals surface area (Å²) in [6.07, 6.45) is 2.28. The van der Waals surface area contributed by atoms with E-state index < -0.39 is 0 Å². The van der Waals surface area contributed by atoms with E-state index >= 15 is 0 Å².